The first-order chi connectivity index (χ1) is 15.5. The Kier molecular flexibility index (Phi) is 7.10. The quantitative estimate of drug-likeness (QED) is 0.545. The first-order valence-electron chi connectivity index (χ1n) is 11.2. The van der Waals surface area contributed by atoms with Crippen molar-refractivity contribution in [2.24, 2.45) is 5.92 Å². The van der Waals surface area contributed by atoms with Crippen molar-refractivity contribution in [3.63, 3.8) is 0 Å². The van der Waals surface area contributed by atoms with Crippen molar-refractivity contribution in [3.05, 3.63) is 59.1 Å². The second-order valence-electron chi connectivity index (χ2n) is 8.75. The summed E-state index contributed by atoms with van der Waals surface area (Å²) in [5.74, 6) is 2.22. The number of aromatic nitrogens is 2. The van der Waals surface area contributed by atoms with E-state index in [0.717, 1.165) is 54.5 Å². The molecule has 0 atom stereocenters. The number of para-hydroxylation sites is 1. The van der Waals surface area contributed by atoms with E-state index in [-0.39, 0.29) is 11.9 Å². The molecule has 2 N–H and O–H groups in total. The van der Waals surface area contributed by atoms with Gasteiger partial charge in [-0.15, -0.1) is 0 Å². The maximum atomic E-state index is 12.4. The van der Waals surface area contributed by atoms with Crippen LogP contribution in [0.2, 0.25) is 5.02 Å². The molecule has 1 aliphatic carbocycles. The van der Waals surface area contributed by atoms with Crippen LogP contribution < -0.4 is 15.5 Å². The summed E-state index contributed by atoms with van der Waals surface area (Å²) < 4.78 is 0. The van der Waals surface area contributed by atoms with Crippen LogP contribution in [0.3, 0.4) is 0 Å². The van der Waals surface area contributed by atoms with Crippen LogP contribution in [0.25, 0.3) is 10.9 Å². The largest absolute Gasteiger partial charge is 0.362 e. The average molecular weight is 452 g/mol. The highest BCUT2D eigenvalue weighted by Gasteiger charge is 2.23. The van der Waals surface area contributed by atoms with E-state index in [2.05, 4.69) is 21.7 Å². The molecular weight excluding hydrogens is 422 g/mol. The minimum absolute atomic E-state index is 0.0784. The first-order valence-corrected chi connectivity index (χ1v) is 11.6. The highest BCUT2D eigenvalue weighted by molar-refractivity contribution is 6.30. The minimum atomic E-state index is 0.0784. The van der Waals surface area contributed by atoms with Crippen LogP contribution in [0, 0.1) is 5.92 Å². The summed E-state index contributed by atoms with van der Waals surface area (Å²) in [6.45, 7) is 0.844. The lowest BCUT2D eigenvalue weighted by molar-refractivity contribution is -0.121. The molecule has 1 saturated carbocycles. The summed E-state index contributed by atoms with van der Waals surface area (Å²) >= 11 is 5.91. The molecule has 0 aliphatic heterocycles. The third kappa shape index (κ3) is 5.68. The Balaban J connectivity index is 1.26. The molecule has 3 aromatic rings. The van der Waals surface area contributed by atoms with Crippen molar-refractivity contribution in [1.29, 1.82) is 0 Å². The van der Waals surface area contributed by atoms with Gasteiger partial charge in [0.2, 0.25) is 11.9 Å². The molecule has 0 saturated heterocycles. The van der Waals surface area contributed by atoms with Gasteiger partial charge < -0.3 is 15.5 Å². The summed E-state index contributed by atoms with van der Waals surface area (Å²) in [7, 11) is 4.00. The van der Waals surface area contributed by atoms with Gasteiger partial charge in [0.1, 0.15) is 5.82 Å². The van der Waals surface area contributed by atoms with Gasteiger partial charge in [0.25, 0.3) is 0 Å². The number of carbonyl (C=O) groups excluding carboxylic acids is 1. The summed E-state index contributed by atoms with van der Waals surface area (Å²) in [5, 5.41) is 8.38. The number of fused-ring (bicyclic) bond motifs is 1. The van der Waals surface area contributed by atoms with Crippen molar-refractivity contribution >= 4 is 40.2 Å². The molecule has 6 nitrogen and oxygen atoms in total. The van der Waals surface area contributed by atoms with Gasteiger partial charge in [-0.25, -0.2) is 4.98 Å². The van der Waals surface area contributed by atoms with E-state index in [1.807, 2.05) is 61.5 Å². The molecule has 0 radical (unpaired) electrons. The zero-order valence-corrected chi connectivity index (χ0v) is 19.4. The summed E-state index contributed by atoms with van der Waals surface area (Å²) in [5.41, 5.74) is 1.93. The molecule has 1 heterocycles. The fraction of sp³-hybridized carbons (Fsp3) is 0.400. The van der Waals surface area contributed by atoms with Crippen molar-refractivity contribution in [3.8, 4) is 0 Å². The molecule has 1 aliphatic rings. The number of hydrogen-bond acceptors (Lipinski definition) is 5. The van der Waals surface area contributed by atoms with E-state index in [1.165, 1.54) is 0 Å². The molecule has 0 unspecified atom stereocenters. The Bertz CT molecular complexity index is 1060. The fourth-order valence-electron chi connectivity index (χ4n) is 4.29. The van der Waals surface area contributed by atoms with Crippen LogP contribution in [0.5, 0.6) is 0 Å². The van der Waals surface area contributed by atoms with E-state index in [0.29, 0.717) is 23.3 Å². The van der Waals surface area contributed by atoms with E-state index in [9.17, 15) is 4.79 Å². The van der Waals surface area contributed by atoms with Crippen LogP contribution in [0.1, 0.15) is 31.2 Å². The number of carbonyl (C=O) groups is 1. The predicted molar refractivity (Wildman–Crippen MR) is 131 cm³/mol. The lowest BCUT2D eigenvalue weighted by Crippen LogP contribution is -2.39. The van der Waals surface area contributed by atoms with Gasteiger partial charge in [-0.05, 0) is 61.4 Å². The number of amides is 1. The highest BCUT2D eigenvalue weighted by atomic mass is 35.5. The van der Waals surface area contributed by atoms with E-state index in [1.54, 1.807) is 0 Å². The monoisotopic (exact) mass is 451 g/mol. The number of benzene rings is 2. The Labute approximate surface area is 194 Å². The molecule has 7 heteroatoms. The minimum Gasteiger partial charge on any atom is -0.362 e. The van der Waals surface area contributed by atoms with Crippen molar-refractivity contribution in [2.75, 3.05) is 30.9 Å². The molecule has 0 bridgehead atoms. The summed E-state index contributed by atoms with van der Waals surface area (Å²) in [6, 6.07) is 15.8. The van der Waals surface area contributed by atoms with Crippen LogP contribution in [-0.2, 0) is 11.2 Å². The maximum absolute atomic E-state index is 12.4. The van der Waals surface area contributed by atoms with Crippen LogP contribution >= 0.6 is 11.6 Å². The number of hydrogen-bond donors (Lipinski definition) is 2. The Hall–Kier alpha value is -2.86. The molecule has 4 rings (SSSR count). The third-order valence-electron chi connectivity index (χ3n) is 6.05. The van der Waals surface area contributed by atoms with Crippen LogP contribution in [0.15, 0.2) is 48.5 Å². The molecule has 32 heavy (non-hydrogen) atoms. The van der Waals surface area contributed by atoms with E-state index >= 15 is 0 Å². The number of rotatable bonds is 7. The van der Waals surface area contributed by atoms with Gasteiger partial charge in [0.05, 0.1) is 11.9 Å². The zero-order valence-electron chi connectivity index (χ0n) is 18.6. The molecule has 1 aromatic heterocycles. The SMILES string of the molecule is CN(C)c1nc(NCC2CCC(NC(=O)Cc3ccc(Cl)cc3)CC2)nc2ccccc12. The Morgan fingerprint density at radius 1 is 1.03 bits per heavy atom. The van der Waals surface area contributed by atoms with Gasteiger partial charge in [-0.2, -0.15) is 4.98 Å². The van der Waals surface area contributed by atoms with Crippen LogP contribution in [0.4, 0.5) is 11.8 Å². The summed E-state index contributed by atoms with van der Waals surface area (Å²) in [4.78, 5) is 23.8. The lowest BCUT2D eigenvalue weighted by Gasteiger charge is -2.29. The van der Waals surface area contributed by atoms with Crippen molar-refractivity contribution in [2.45, 2.75) is 38.1 Å². The molecule has 2 aromatic carbocycles. The van der Waals surface area contributed by atoms with Gasteiger partial charge in [0.15, 0.2) is 0 Å². The zero-order chi connectivity index (χ0) is 22.5. The van der Waals surface area contributed by atoms with E-state index in [4.69, 9.17) is 16.6 Å². The Morgan fingerprint density at radius 3 is 2.47 bits per heavy atom. The predicted octanol–water partition coefficient (Wildman–Crippen LogP) is 4.68. The first kappa shape index (κ1) is 22.3. The normalized spacial score (nSPS) is 18.3. The molecular formula is C25H30ClN5O. The second-order valence-corrected chi connectivity index (χ2v) is 9.19. The number of anilines is 2. The van der Waals surface area contributed by atoms with E-state index < -0.39 is 0 Å². The standard InChI is InChI=1S/C25H30ClN5O/c1-31(2)24-21-5-3-4-6-22(21)29-25(30-24)27-16-18-9-13-20(14-10-18)28-23(32)15-17-7-11-19(26)12-8-17/h3-8,11-12,18,20H,9-10,13-16H2,1-2H3,(H,28,32)(H,27,29,30). The third-order valence-corrected chi connectivity index (χ3v) is 6.30. The molecule has 1 amide bonds. The highest BCUT2D eigenvalue weighted by Crippen LogP contribution is 2.26. The smallest absolute Gasteiger partial charge is 0.225 e. The Morgan fingerprint density at radius 2 is 1.75 bits per heavy atom. The fourth-order valence-corrected chi connectivity index (χ4v) is 4.42. The van der Waals surface area contributed by atoms with Gasteiger partial charge >= 0.3 is 0 Å². The average Bonchev–Trinajstić information content (AvgIpc) is 2.79. The van der Waals surface area contributed by atoms with Gasteiger partial charge in [-0.3, -0.25) is 4.79 Å². The number of nitrogens with one attached hydrogen (secondary N) is 2. The second kappa shape index (κ2) is 10.2. The number of halogens is 1. The molecule has 0 spiro atoms. The maximum Gasteiger partial charge on any atom is 0.225 e. The van der Waals surface area contributed by atoms with Gasteiger partial charge in [0, 0.05) is 37.1 Å². The lowest BCUT2D eigenvalue weighted by atomic mass is 9.86. The topological polar surface area (TPSA) is 70.2 Å². The molecule has 1 fully saturated rings. The number of nitrogens with zero attached hydrogens (tertiary/aromatic N) is 3. The van der Waals surface area contributed by atoms with Gasteiger partial charge in [-0.1, -0.05) is 35.9 Å². The van der Waals surface area contributed by atoms with Crippen LogP contribution in [-0.4, -0.2) is 42.6 Å². The van der Waals surface area contributed by atoms with Crippen molar-refractivity contribution < 1.29 is 4.79 Å². The summed E-state index contributed by atoms with van der Waals surface area (Å²) in [6.07, 6.45) is 4.55. The van der Waals surface area contributed by atoms with Crippen molar-refractivity contribution in [1.82, 2.24) is 15.3 Å². The molecule has 168 valence electrons.